The Labute approximate surface area is 124 Å². The average Bonchev–Trinajstić information content (AvgIpc) is 2.84. The number of halogens is 1. The summed E-state index contributed by atoms with van der Waals surface area (Å²) >= 11 is 6.11. The number of rotatable bonds is 5. The molecule has 110 valence electrons. The van der Waals surface area contributed by atoms with Gasteiger partial charge in [0.2, 0.25) is 5.91 Å². The molecule has 5 heteroatoms. The molecule has 1 aliphatic carbocycles. The molecule has 0 spiro atoms. The number of anilines is 1. The third-order valence-electron chi connectivity index (χ3n) is 3.48. The number of aliphatic hydroxyl groups excluding tert-OH is 1. The molecule has 0 aromatic heterocycles. The summed E-state index contributed by atoms with van der Waals surface area (Å²) in [4.78, 5) is 12.0. The van der Waals surface area contributed by atoms with Crippen LogP contribution in [0.4, 0.5) is 5.69 Å². The molecule has 2 unspecified atom stereocenters. The molecular weight excluding hydrogens is 278 g/mol. The van der Waals surface area contributed by atoms with Gasteiger partial charge in [0.25, 0.3) is 0 Å². The lowest BCUT2D eigenvalue weighted by molar-refractivity contribution is -0.122. The van der Waals surface area contributed by atoms with E-state index in [0.29, 0.717) is 29.5 Å². The van der Waals surface area contributed by atoms with E-state index in [0.717, 1.165) is 19.3 Å². The Morgan fingerprint density at radius 2 is 2.30 bits per heavy atom. The zero-order chi connectivity index (χ0) is 14.5. The van der Waals surface area contributed by atoms with E-state index in [2.05, 4.69) is 5.32 Å². The fourth-order valence-corrected chi connectivity index (χ4v) is 2.62. The number of benzene rings is 1. The summed E-state index contributed by atoms with van der Waals surface area (Å²) in [7, 11) is 0. The maximum absolute atomic E-state index is 12.0. The second-order valence-corrected chi connectivity index (χ2v) is 5.49. The number of hydrogen-bond donors (Lipinski definition) is 2. The molecule has 1 aromatic carbocycles. The molecule has 0 bridgehead atoms. The van der Waals surface area contributed by atoms with Gasteiger partial charge in [0.05, 0.1) is 23.7 Å². The van der Waals surface area contributed by atoms with Crippen LogP contribution in [0.15, 0.2) is 18.2 Å². The third kappa shape index (κ3) is 3.64. The Morgan fingerprint density at radius 1 is 1.50 bits per heavy atom. The van der Waals surface area contributed by atoms with Gasteiger partial charge >= 0.3 is 0 Å². The highest BCUT2D eigenvalue weighted by Crippen LogP contribution is 2.30. The summed E-state index contributed by atoms with van der Waals surface area (Å²) in [5, 5.41) is 13.0. The molecule has 0 aliphatic heterocycles. The summed E-state index contributed by atoms with van der Waals surface area (Å²) in [5.41, 5.74) is 0.628. The first-order valence-corrected chi connectivity index (χ1v) is 7.41. The van der Waals surface area contributed by atoms with Gasteiger partial charge in [-0.25, -0.2) is 0 Å². The first-order chi connectivity index (χ1) is 9.61. The molecule has 2 N–H and O–H groups in total. The molecule has 2 atom stereocenters. The minimum Gasteiger partial charge on any atom is -0.492 e. The van der Waals surface area contributed by atoms with Crippen molar-refractivity contribution in [3.63, 3.8) is 0 Å². The molecule has 1 amide bonds. The normalized spacial score (nSPS) is 21.8. The zero-order valence-corrected chi connectivity index (χ0v) is 12.3. The fraction of sp³-hybridized carbons (Fsp3) is 0.533. The predicted molar refractivity (Wildman–Crippen MR) is 79.2 cm³/mol. The van der Waals surface area contributed by atoms with Crippen molar-refractivity contribution in [1.29, 1.82) is 0 Å². The molecule has 0 heterocycles. The van der Waals surface area contributed by atoms with Crippen molar-refractivity contribution in [1.82, 2.24) is 0 Å². The lowest BCUT2D eigenvalue weighted by atomic mass is 10.1. The summed E-state index contributed by atoms with van der Waals surface area (Å²) in [6.45, 7) is 2.63. The van der Waals surface area contributed by atoms with Crippen molar-refractivity contribution in [2.75, 3.05) is 11.9 Å². The second-order valence-electron chi connectivity index (χ2n) is 5.09. The first kappa shape index (κ1) is 15.1. The van der Waals surface area contributed by atoms with E-state index >= 15 is 0 Å². The number of ether oxygens (including phenoxy) is 1. The maximum atomic E-state index is 12.0. The lowest BCUT2D eigenvalue weighted by Crippen LogP contribution is -2.28. The number of hydrogen-bond acceptors (Lipinski definition) is 3. The molecule has 20 heavy (non-hydrogen) atoms. The SMILES string of the molecule is CCCOc1ccc(NC(=O)C2CCCC2O)cc1Cl. The van der Waals surface area contributed by atoms with Gasteiger partial charge in [-0.2, -0.15) is 0 Å². The van der Waals surface area contributed by atoms with Crippen LogP contribution in [-0.4, -0.2) is 23.7 Å². The van der Waals surface area contributed by atoms with E-state index in [1.807, 2.05) is 6.92 Å². The van der Waals surface area contributed by atoms with Gasteiger partial charge in [-0.15, -0.1) is 0 Å². The molecule has 0 saturated heterocycles. The number of amides is 1. The molecule has 1 fully saturated rings. The van der Waals surface area contributed by atoms with Crippen molar-refractivity contribution in [2.45, 2.75) is 38.7 Å². The Balaban J connectivity index is 1.99. The van der Waals surface area contributed by atoms with Crippen LogP contribution in [0.1, 0.15) is 32.6 Å². The fourth-order valence-electron chi connectivity index (χ4n) is 2.39. The van der Waals surface area contributed by atoms with Crippen molar-refractivity contribution in [2.24, 2.45) is 5.92 Å². The highest BCUT2D eigenvalue weighted by Gasteiger charge is 2.31. The molecule has 2 rings (SSSR count). The van der Waals surface area contributed by atoms with Crippen molar-refractivity contribution in [3.8, 4) is 5.75 Å². The number of carbonyl (C=O) groups excluding carboxylic acids is 1. The van der Waals surface area contributed by atoms with Crippen molar-refractivity contribution >= 4 is 23.2 Å². The molecule has 1 aromatic rings. The third-order valence-corrected chi connectivity index (χ3v) is 3.77. The van der Waals surface area contributed by atoms with Crippen LogP contribution in [-0.2, 0) is 4.79 Å². The Hall–Kier alpha value is -1.26. The van der Waals surface area contributed by atoms with E-state index < -0.39 is 6.10 Å². The minimum atomic E-state index is -0.530. The van der Waals surface area contributed by atoms with Gasteiger partial charge < -0.3 is 15.2 Å². The lowest BCUT2D eigenvalue weighted by Gasteiger charge is -2.15. The second kappa shape index (κ2) is 6.95. The molecule has 4 nitrogen and oxygen atoms in total. The molecular formula is C15H20ClNO3. The minimum absolute atomic E-state index is 0.145. The predicted octanol–water partition coefficient (Wildman–Crippen LogP) is 3.23. The number of aliphatic hydroxyl groups is 1. The van der Waals surface area contributed by atoms with Crippen LogP contribution in [0.3, 0.4) is 0 Å². The number of carbonyl (C=O) groups is 1. The van der Waals surface area contributed by atoms with E-state index in [1.54, 1.807) is 18.2 Å². The van der Waals surface area contributed by atoms with Crippen molar-refractivity contribution in [3.05, 3.63) is 23.2 Å². The summed E-state index contributed by atoms with van der Waals surface area (Å²) in [5.74, 6) is 0.158. The summed E-state index contributed by atoms with van der Waals surface area (Å²) < 4.78 is 5.48. The maximum Gasteiger partial charge on any atom is 0.230 e. The monoisotopic (exact) mass is 297 g/mol. The Kier molecular flexibility index (Phi) is 5.26. The van der Waals surface area contributed by atoms with Gasteiger partial charge in [0, 0.05) is 5.69 Å². The van der Waals surface area contributed by atoms with E-state index in [9.17, 15) is 9.90 Å². The highest BCUT2D eigenvalue weighted by atomic mass is 35.5. The standard InChI is InChI=1S/C15H20ClNO3/c1-2-8-20-14-7-6-10(9-12(14)16)17-15(19)11-4-3-5-13(11)18/h6-7,9,11,13,18H,2-5,8H2,1H3,(H,17,19). The van der Waals surface area contributed by atoms with E-state index in [-0.39, 0.29) is 11.8 Å². The summed E-state index contributed by atoms with van der Waals surface area (Å²) in [6, 6.07) is 5.18. The quantitative estimate of drug-likeness (QED) is 0.877. The summed E-state index contributed by atoms with van der Waals surface area (Å²) in [6.07, 6.45) is 2.71. The molecule has 1 saturated carbocycles. The van der Waals surface area contributed by atoms with Gasteiger partial charge in [0.1, 0.15) is 5.75 Å². The largest absolute Gasteiger partial charge is 0.492 e. The van der Waals surface area contributed by atoms with Crippen LogP contribution in [0.2, 0.25) is 5.02 Å². The van der Waals surface area contributed by atoms with Crippen LogP contribution >= 0.6 is 11.6 Å². The van der Waals surface area contributed by atoms with Gasteiger partial charge in [-0.3, -0.25) is 4.79 Å². The van der Waals surface area contributed by atoms with Gasteiger partial charge in [0.15, 0.2) is 0 Å². The van der Waals surface area contributed by atoms with Gasteiger partial charge in [-0.05, 0) is 43.9 Å². The van der Waals surface area contributed by atoms with Crippen LogP contribution in [0, 0.1) is 5.92 Å². The van der Waals surface area contributed by atoms with Crippen LogP contribution < -0.4 is 10.1 Å². The Bertz CT molecular complexity index is 478. The number of nitrogens with one attached hydrogen (secondary N) is 1. The van der Waals surface area contributed by atoms with Crippen LogP contribution in [0.5, 0.6) is 5.75 Å². The first-order valence-electron chi connectivity index (χ1n) is 7.03. The molecule has 1 aliphatic rings. The Morgan fingerprint density at radius 3 is 2.90 bits per heavy atom. The van der Waals surface area contributed by atoms with Crippen molar-refractivity contribution < 1.29 is 14.6 Å². The smallest absolute Gasteiger partial charge is 0.230 e. The zero-order valence-electron chi connectivity index (χ0n) is 11.6. The topological polar surface area (TPSA) is 58.6 Å². The van der Waals surface area contributed by atoms with E-state index in [4.69, 9.17) is 16.3 Å². The van der Waals surface area contributed by atoms with Gasteiger partial charge in [-0.1, -0.05) is 18.5 Å². The average molecular weight is 298 g/mol. The highest BCUT2D eigenvalue weighted by molar-refractivity contribution is 6.32. The van der Waals surface area contributed by atoms with E-state index in [1.165, 1.54) is 0 Å². The van der Waals surface area contributed by atoms with Crippen LogP contribution in [0.25, 0.3) is 0 Å². The molecule has 0 radical (unpaired) electrons.